The predicted octanol–water partition coefficient (Wildman–Crippen LogP) is 2.26. The molecule has 0 bridgehead atoms. The summed E-state index contributed by atoms with van der Waals surface area (Å²) in [5, 5.41) is 9.98. The van der Waals surface area contributed by atoms with Gasteiger partial charge in [0.25, 0.3) is 0 Å². The molecule has 0 unspecified atom stereocenters. The molecule has 1 rings (SSSR count). The van der Waals surface area contributed by atoms with Crippen LogP contribution in [0.5, 0.6) is 0 Å². The average molecular weight is 264 g/mol. The van der Waals surface area contributed by atoms with Gasteiger partial charge < -0.3 is 10.0 Å². The Bertz CT molecular complexity index is 157. The molecule has 1 N–H and O–H groups in total. The summed E-state index contributed by atoms with van der Waals surface area (Å²) in [5.41, 5.74) is 0.474. The van der Waals surface area contributed by atoms with Gasteiger partial charge in [-0.25, -0.2) is 0 Å². The third-order valence-corrected chi connectivity index (χ3v) is 4.47. The normalized spacial score (nSPS) is 21.4. The molecule has 0 radical (unpaired) electrons. The van der Waals surface area contributed by atoms with Gasteiger partial charge in [0.15, 0.2) is 0 Å². The zero-order valence-corrected chi connectivity index (χ0v) is 10.7. The molecule has 0 amide bonds. The second-order valence-electron chi connectivity index (χ2n) is 4.66. The maximum absolute atomic E-state index is 8.87. The Morgan fingerprint density at radius 2 is 1.93 bits per heavy atom. The first kappa shape index (κ1) is 12.5. The fraction of sp³-hybridized carbons (Fsp3) is 1.00. The fourth-order valence-corrected chi connectivity index (χ4v) is 3.20. The van der Waals surface area contributed by atoms with Crippen LogP contribution in [0.3, 0.4) is 0 Å². The van der Waals surface area contributed by atoms with E-state index in [0.29, 0.717) is 5.41 Å². The zero-order valence-electron chi connectivity index (χ0n) is 9.14. The minimum absolute atomic E-state index is 0.273. The second kappa shape index (κ2) is 6.09. The van der Waals surface area contributed by atoms with Crippen molar-refractivity contribution in [3.05, 3.63) is 0 Å². The van der Waals surface area contributed by atoms with Crippen molar-refractivity contribution in [3.8, 4) is 0 Å². The van der Waals surface area contributed by atoms with Gasteiger partial charge in [0.05, 0.1) is 6.61 Å². The number of hydrogen-bond acceptors (Lipinski definition) is 2. The molecular weight excluding hydrogens is 242 g/mol. The average Bonchev–Trinajstić information content (AvgIpc) is 2.19. The lowest BCUT2D eigenvalue weighted by Gasteiger charge is -2.38. The maximum Gasteiger partial charge on any atom is 0.0558 e. The van der Waals surface area contributed by atoms with Gasteiger partial charge >= 0.3 is 0 Å². The van der Waals surface area contributed by atoms with Crippen LogP contribution in [-0.4, -0.2) is 42.1 Å². The van der Waals surface area contributed by atoms with Crippen LogP contribution in [0.2, 0.25) is 0 Å². The van der Waals surface area contributed by atoms with Gasteiger partial charge in [-0.3, -0.25) is 0 Å². The van der Waals surface area contributed by atoms with Crippen molar-refractivity contribution < 1.29 is 5.11 Å². The van der Waals surface area contributed by atoms with Crippen molar-refractivity contribution in [2.75, 3.05) is 32.1 Å². The highest BCUT2D eigenvalue weighted by atomic mass is 79.9. The quantitative estimate of drug-likeness (QED) is 0.770. The SMILES string of the molecule is CN(CCO)CC1(CBr)CCCCC1. The van der Waals surface area contributed by atoms with Gasteiger partial charge in [-0.2, -0.15) is 0 Å². The van der Waals surface area contributed by atoms with Gasteiger partial charge in [-0.1, -0.05) is 35.2 Å². The topological polar surface area (TPSA) is 23.5 Å². The molecular formula is C11H22BrNO. The van der Waals surface area contributed by atoms with E-state index >= 15 is 0 Å². The van der Waals surface area contributed by atoms with Gasteiger partial charge in [-0.05, 0) is 25.3 Å². The second-order valence-corrected chi connectivity index (χ2v) is 5.22. The molecule has 0 aromatic heterocycles. The molecule has 0 saturated heterocycles. The summed E-state index contributed by atoms with van der Waals surface area (Å²) in [5.74, 6) is 0. The summed E-state index contributed by atoms with van der Waals surface area (Å²) < 4.78 is 0. The van der Waals surface area contributed by atoms with E-state index in [9.17, 15) is 0 Å². The molecule has 3 heteroatoms. The highest BCUT2D eigenvalue weighted by Crippen LogP contribution is 2.38. The highest BCUT2D eigenvalue weighted by molar-refractivity contribution is 9.09. The largest absolute Gasteiger partial charge is 0.395 e. The third kappa shape index (κ3) is 3.52. The Morgan fingerprint density at radius 1 is 1.29 bits per heavy atom. The van der Waals surface area contributed by atoms with Crippen LogP contribution < -0.4 is 0 Å². The molecule has 0 heterocycles. The summed E-state index contributed by atoms with van der Waals surface area (Å²) in [6.07, 6.45) is 6.83. The summed E-state index contributed by atoms with van der Waals surface area (Å²) >= 11 is 3.66. The Kier molecular flexibility index (Phi) is 5.42. The summed E-state index contributed by atoms with van der Waals surface area (Å²) in [6.45, 7) is 2.20. The highest BCUT2D eigenvalue weighted by Gasteiger charge is 2.31. The summed E-state index contributed by atoms with van der Waals surface area (Å²) in [6, 6.07) is 0. The molecule has 1 aliphatic rings. The number of nitrogens with zero attached hydrogens (tertiary/aromatic N) is 1. The number of aliphatic hydroxyl groups excluding tert-OH is 1. The molecule has 1 aliphatic carbocycles. The van der Waals surface area contributed by atoms with Crippen LogP contribution in [0, 0.1) is 5.41 Å². The van der Waals surface area contributed by atoms with Crippen LogP contribution in [-0.2, 0) is 0 Å². The zero-order chi connectivity index (χ0) is 10.4. The predicted molar refractivity (Wildman–Crippen MR) is 63.9 cm³/mol. The number of halogens is 1. The molecule has 0 aromatic rings. The van der Waals surface area contributed by atoms with E-state index in [2.05, 4.69) is 27.9 Å². The van der Waals surface area contributed by atoms with Crippen molar-refractivity contribution in [3.63, 3.8) is 0 Å². The molecule has 2 nitrogen and oxygen atoms in total. The molecule has 1 saturated carbocycles. The van der Waals surface area contributed by atoms with E-state index < -0.39 is 0 Å². The van der Waals surface area contributed by atoms with Crippen LogP contribution >= 0.6 is 15.9 Å². The van der Waals surface area contributed by atoms with E-state index in [-0.39, 0.29) is 6.61 Å². The van der Waals surface area contributed by atoms with E-state index in [4.69, 9.17) is 5.11 Å². The van der Waals surface area contributed by atoms with Crippen molar-refractivity contribution in [1.29, 1.82) is 0 Å². The van der Waals surface area contributed by atoms with Gasteiger partial charge in [0.1, 0.15) is 0 Å². The van der Waals surface area contributed by atoms with Crippen molar-refractivity contribution in [2.45, 2.75) is 32.1 Å². The van der Waals surface area contributed by atoms with E-state index in [1.807, 2.05) is 0 Å². The van der Waals surface area contributed by atoms with Crippen LogP contribution in [0.15, 0.2) is 0 Å². The third-order valence-electron chi connectivity index (χ3n) is 3.28. The fourth-order valence-electron chi connectivity index (χ4n) is 2.46. The van der Waals surface area contributed by atoms with Crippen molar-refractivity contribution in [1.82, 2.24) is 4.90 Å². The van der Waals surface area contributed by atoms with Gasteiger partial charge in [-0.15, -0.1) is 0 Å². The lowest BCUT2D eigenvalue weighted by molar-refractivity contribution is 0.127. The van der Waals surface area contributed by atoms with E-state index in [1.54, 1.807) is 0 Å². The van der Waals surface area contributed by atoms with Gasteiger partial charge in [0, 0.05) is 18.4 Å². The lowest BCUT2D eigenvalue weighted by atomic mass is 9.75. The first-order valence-electron chi connectivity index (χ1n) is 5.58. The molecule has 0 aliphatic heterocycles. The Morgan fingerprint density at radius 3 is 2.43 bits per heavy atom. The van der Waals surface area contributed by atoms with Crippen molar-refractivity contribution in [2.24, 2.45) is 5.41 Å². The summed E-state index contributed by atoms with van der Waals surface area (Å²) in [4.78, 5) is 2.26. The number of aliphatic hydroxyl groups is 1. The molecule has 84 valence electrons. The first-order chi connectivity index (χ1) is 6.72. The monoisotopic (exact) mass is 263 g/mol. The Hall–Kier alpha value is 0.400. The van der Waals surface area contributed by atoms with Gasteiger partial charge in [0.2, 0.25) is 0 Å². The number of hydrogen-bond donors (Lipinski definition) is 1. The minimum Gasteiger partial charge on any atom is -0.395 e. The standard InChI is InChI=1S/C11H22BrNO/c1-13(7-8-14)10-11(9-12)5-3-2-4-6-11/h14H,2-10H2,1H3. The van der Waals surface area contributed by atoms with Crippen molar-refractivity contribution >= 4 is 15.9 Å². The van der Waals surface area contributed by atoms with Crippen LogP contribution in [0.1, 0.15) is 32.1 Å². The smallest absolute Gasteiger partial charge is 0.0558 e. The molecule has 0 spiro atoms. The Labute approximate surface area is 95.8 Å². The first-order valence-corrected chi connectivity index (χ1v) is 6.70. The molecule has 1 fully saturated rings. The lowest BCUT2D eigenvalue weighted by Crippen LogP contribution is -2.39. The number of alkyl halides is 1. The molecule has 0 aromatic carbocycles. The summed E-state index contributed by atoms with van der Waals surface area (Å²) in [7, 11) is 2.11. The number of rotatable bonds is 5. The van der Waals surface area contributed by atoms with E-state index in [1.165, 1.54) is 32.1 Å². The maximum atomic E-state index is 8.87. The van der Waals surface area contributed by atoms with Crippen LogP contribution in [0.25, 0.3) is 0 Å². The van der Waals surface area contributed by atoms with Crippen LogP contribution in [0.4, 0.5) is 0 Å². The number of likely N-dealkylation sites (N-methyl/N-ethyl adjacent to an activating group) is 1. The minimum atomic E-state index is 0.273. The van der Waals surface area contributed by atoms with E-state index in [0.717, 1.165) is 18.4 Å². The molecule has 0 atom stereocenters. The Balaban J connectivity index is 2.42. The molecule has 14 heavy (non-hydrogen) atoms.